The van der Waals surface area contributed by atoms with E-state index < -0.39 is 0 Å². The summed E-state index contributed by atoms with van der Waals surface area (Å²) in [7, 11) is 2.23. The third-order valence-electron chi connectivity index (χ3n) is 7.72. The van der Waals surface area contributed by atoms with Crippen molar-refractivity contribution in [2.24, 2.45) is 7.05 Å². The van der Waals surface area contributed by atoms with Crippen molar-refractivity contribution in [2.45, 2.75) is 181 Å². The molecule has 2 heteroatoms. The van der Waals surface area contributed by atoms with Crippen LogP contribution in [0.25, 0.3) is 0 Å². The number of hydrogen-bond acceptors (Lipinski definition) is 0. The number of nitrogens with zero attached hydrogens (tertiary/aromatic N) is 2. The lowest BCUT2D eigenvalue weighted by Gasteiger charge is -2.05. The number of hydrogen-bond donors (Lipinski definition) is 0. The standard InChI is InChI=1S/C32H63N2/c1-4-6-8-10-12-13-14-15-16-17-18-19-20-21-22-24-26-28-32-33(3)30-31-34(32)29-27-25-23-11-9-7-5-2/h30-31H,4-29H2,1-3H3/q+1. The van der Waals surface area contributed by atoms with Gasteiger partial charge in [-0.25, -0.2) is 9.13 Å². The molecule has 34 heavy (non-hydrogen) atoms. The summed E-state index contributed by atoms with van der Waals surface area (Å²) in [4.78, 5) is 0. The van der Waals surface area contributed by atoms with E-state index in [1.807, 2.05) is 0 Å². The van der Waals surface area contributed by atoms with Crippen molar-refractivity contribution in [1.82, 2.24) is 4.57 Å². The minimum atomic E-state index is 1.21. The smallest absolute Gasteiger partial charge is 0.237 e. The van der Waals surface area contributed by atoms with Crippen molar-refractivity contribution in [3.05, 3.63) is 18.2 Å². The summed E-state index contributed by atoms with van der Waals surface area (Å²) in [6, 6.07) is 0. The first-order valence-corrected chi connectivity index (χ1v) is 15.8. The largest absolute Gasteiger partial charge is 0.256 e. The molecule has 0 aromatic carbocycles. The fourth-order valence-electron chi connectivity index (χ4n) is 5.33. The van der Waals surface area contributed by atoms with Gasteiger partial charge in [0.2, 0.25) is 0 Å². The molecule has 0 N–H and O–H groups in total. The van der Waals surface area contributed by atoms with Crippen LogP contribution in [0.4, 0.5) is 0 Å². The Morgan fingerprint density at radius 1 is 0.500 bits per heavy atom. The third kappa shape index (κ3) is 17.6. The second-order valence-electron chi connectivity index (χ2n) is 11.0. The molecule has 1 rings (SSSR count). The van der Waals surface area contributed by atoms with Crippen LogP contribution in [0.15, 0.2) is 12.4 Å². The highest BCUT2D eigenvalue weighted by Gasteiger charge is 2.13. The quantitative estimate of drug-likeness (QED) is 0.0930. The van der Waals surface area contributed by atoms with Crippen LogP contribution in [0, 0.1) is 0 Å². The second kappa shape index (κ2) is 23.9. The Bertz CT molecular complexity index is 533. The predicted octanol–water partition coefficient (Wildman–Crippen LogP) is 10.3. The Morgan fingerprint density at radius 2 is 0.853 bits per heavy atom. The fourth-order valence-corrected chi connectivity index (χ4v) is 5.33. The summed E-state index contributed by atoms with van der Waals surface area (Å²) in [6.45, 7) is 5.81. The van der Waals surface area contributed by atoms with Gasteiger partial charge in [0.05, 0.1) is 13.6 Å². The summed E-state index contributed by atoms with van der Waals surface area (Å²) in [5.74, 6) is 1.53. The number of imidazole rings is 1. The van der Waals surface area contributed by atoms with Crippen molar-refractivity contribution in [3.63, 3.8) is 0 Å². The molecule has 0 saturated heterocycles. The van der Waals surface area contributed by atoms with E-state index in [1.165, 1.54) is 173 Å². The molecule has 2 nitrogen and oxygen atoms in total. The highest BCUT2D eigenvalue weighted by atomic mass is 15.1. The number of aryl methyl sites for hydroxylation is 2. The Kier molecular flexibility index (Phi) is 22.0. The van der Waals surface area contributed by atoms with Crippen molar-refractivity contribution in [1.29, 1.82) is 0 Å². The van der Waals surface area contributed by atoms with E-state index in [9.17, 15) is 0 Å². The molecular weight excluding hydrogens is 412 g/mol. The summed E-state index contributed by atoms with van der Waals surface area (Å²) in [5.41, 5.74) is 0. The lowest BCUT2D eigenvalue weighted by atomic mass is 10.0. The molecule has 0 unspecified atom stereocenters. The minimum Gasteiger partial charge on any atom is -0.237 e. The molecule has 1 aromatic rings. The van der Waals surface area contributed by atoms with E-state index in [2.05, 4.69) is 42.4 Å². The number of rotatable bonds is 26. The Labute approximate surface area is 215 Å². The van der Waals surface area contributed by atoms with Gasteiger partial charge < -0.3 is 0 Å². The van der Waals surface area contributed by atoms with Crippen LogP contribution in [0.1, 0.15) is 174 Å². The monoisotopic (exact) mass is 475 g/mol. The molecule has 0 spiro atoms. The normalized spacial score (nSPS) is 11.5. The van der Waals surface area contributed by atoms with Gasteiger partial charge in [-0.15, -0.1) is 0 Å². The summed E-state index contributed by atoms with van der Waals surface area (Å²) >= 11 is 0. The molecule has 0 aliphatic carbocycles. The van der Waals surface area contributed by atoms with Crippen molar-refractivity contribution >= 4 is 0 Å². The van der Waals surface area contributed by atoms with Gasteiger partial charge >= 0.3 is 0 Å². The zero-order valence-electron chi connectivity index (χ0n) is 23.9. The second-order valence-corrected chi connectivity index (χ2v) is 11.0. The Balaban J connectivity index is 1.91. The maximum absolute atomic E-state index is 2.53. The maximum Gasteiger partial charge on any atom is 0.256 e. The van der Waals surface area contributed by atoms with Crippen molar-refractivity contribution in [2.75, 3.05) is 0 Å². The SMILES string of the molecule is CCCCCCCCCCCCCCCCCCCc1n(CCCCCCCCC)cc[n+]1C. The zero-order valence-corrected chi connectivity index (χ0v) is 23.9. The van der Waals surface area contributed by atoms with Crippen LogP contribution in [0.5, 0.6) is 0 Å². The third-order valence-corrected chi connectivity index (χ3v) is 7.72. The van der Waals surface area contributed by atoms with Gasteiger partial charge in [0, 0.05) is 6.42 Å². The van der Waals surface area contributed by atoms with Crippen LogP contribution in [0.3, 0.4) is 0 Å². The van der Waals surface area contributed by atoms with Crippen LogP contribution in [0.2, 0.25) is 0 Å². The lowest BCUT2D eigenvalue weighted by molar-refractivity contribution is -0.678. The zero-order chi connectivity index (χ0) is 24.5. The average molecular weight is 476 g/mol. The molecule has 0 amide bonds. The molecule has 1 aromatic heterocycles. The van der Waals surface area contributed by atoms with Gasteiger partial charge in [-0.1, -0.05) is 149 Å². The highest BCUT2D eigenvalue weighted by Crippen LogP contribution is 2.15. The van der Waals surface area contributed by atoms with Gasteiger partial charge in [0.15, 0.2) is 0 Å². The van der Waals surface area contributed by atoms with Crippen LogP contribution >= 0.6 is 0 Å². The van der Waals surface area contributed by atoms with Crippen LogP contribution < -0.4 is 4.57 Å². The molecule has 0 saturated carbocycles. The lowest BCUT2D eigenvalue weighted by Crippen LogP contribution is -2.32. The first kappa shape index (κ1) is 31.2. The van der Waals surface area contributed by atoms with E-state index in [1.54, 1.807) is 0 Å². The maximum atomic E-state index is 2.53. The van der Waals surface area contributed by atoms with Crippen LogP contribution in [-0.2, 0) is 20.0 Å². The first-order valence-electron chi connectivity index (χ1n) is 15.8. The molecular formula is C32H63N2+. The van der Waals surface area contributed by atoms with Crippen LogP contribution in [-0.4, -0.2) is 4.57 Å². The number of aromatic nitrogens is 2. The topological polar surface area (TPSA) is 8.81 Å². The molecule has 0 atom stereocenters. The molecule has 200 valence electrons. The van der Waals surface area contributed by atoms with E-state index in [4.69, 9.17) is 0 Å². The first-order chi connectivity index (χ1) is 16.8. The van der Waals surface area contributed by atoms with Gasteiger partial charge in [0.1, 0.15) is 12.4 Å². The van der Waals surface area contributed by atoms with Gasteiger partial charge in [0.25, 0.3) is 5.82 Å². The van der Waals surface area contributed by atoms with Gasteiger partial charge in [-0.2, -0.15) is 0 Å². The molecule has 1 heterocycles. The number of unbranched alkanes of at least 4 members (excludes halogenated alkanes) is 22. The Hall–Kier alpha value is -0.790. The molecule has 0 aliphatic rings. The van der Waals surface area contributed by atoms with E-state index in [0.29, 0.717) is 0 Å². The fraction of sp³-hybridized carbons (Fsp3) is 0.906. The Morgan fingerprint density at radius 3 is 1.26 bits per heavy atom. The van der Waals surface area contributed by atoms with Gasteiger partial charge in [-0.05, 0) is 19.3 Å². The molecule has 0 fully saturated rings. The molecule has 0 bridgehead atoms. The summed E-state index contributed by atoms with van der Waals surface area (Å²) < 4.78 is 4.88. The van der Waals surface area contributed by atoms with Crippen molar-refractivity contribution in [3.8, 4) is 0 Å². The minimum absolute atomic E-state index is 1.21. The molecule has 0 radical (unpaired) electrons. The van der Waals surface area contributed by atoms with E-state index >= 15 is 0 Å². The molecule has 0 aliphatic heterocycles. The van der Waals surface area contributed by atoms with Gasteiger partial charge in [-0.3, -0.25) is 0 Å². The highest BCUT2D eigenvalue weighted by molar-refractivity contribution is 4.84. The van der Waals surface area contributed by atoms with Crippen molar-refractivity contribution < 1.29 is 4.57 Å². The van der Waals surface area contributed by atoms with E-state index in [-0.39, 0.29) is 0 Å². The summed E-state index contributed by atoms with van der Waals surface area (Å²) in [5, 5.41) is 0. The summed E-state index contributed by atoms with van der Waals surface area (Å²) in [6.07, 6.45) is 40.2. The average Bonchev–Trinajstić information content (AvgIpc) is 3.19. The predicted molar refractivity (Wildman–Crippen MR) is 151 cm³/mol. The van der Waals surface area contributed by atoms with E-state index in [0.717, 1.165) is 0 Å².